The number of aromatic nitrogens is 1. The van der Waals surface area contributed by atoms with Crippen LogP contribution < -0.4 is 20.9 Å². The third kappa shape index (κ3) is 5.02. The normalized spacial score (nSPS) is 20.1. The van der Waals surface area contributed by atoms with Gasteiger partial charge in [0, 0.05) is 36.2 Å². The Kier molecular flexibility index (Phi) is 5.91. The molecule has 7 nitrogen and oxygen atoms in total. The van der Waals surface area contributed by atoms with Crippen LogP contribution in [0.15, 0.2) is 48.5 Å². The maximum Gasteiger partial charge on any atom is 0.226 e. The van der Waals surface area contributed by atoms with E-state index >= 15 is 0 Å². The topological polar surface area (TPSA) is 78.5 Å². The Bertz CT molecular complexity index is 1010. The van der Waals surface area contributed by atoms with Crippen molar-refractivity contribution in [3.8, 4) is 0 Å². The molecule has 1 aromatic carbocycles. The Morgan fingerprint density at radius 3 is 2.90 bits per heavy atom. The van der Waals surface area contributed by atoms with Crippen molar-refractivity contribution in [2.45, 2.75) is 46.0 Å². The van der Waals surface area contributed by atoms with Crippen molar-refractivity contribution in [2.24, 2.45) is 5.41 Å². The van der Waals surface area contributed by atoms with Gasteiger partial charge in [-0.15, -0.1) is 0 Å². The lowest BCUT2D eigenvalue weighted by atomic mass is 9.95. The number of anilines is 3. The number of ether oxygens (including phenoxy) is 1. The van der Waals surface area contributed by atoms with Gasteiger partial charge in [-0.05, 0) is 30.7 Å². The molecule has 1 aromatic heterocycles. The molecule has 2 unspecified atom stereocenters. The minimum absolute atomic E-state index is 0.0247. The van der Waals surface area contributed by atoms with E-state index in [2.05, 4.69) is 58.7 Å². The standard InChI is InChI=1S/C23H29N5O2S/c1-23(2,3)18-14-24-21(30-18)12-9-15-13-25-22(31-15)27-20(29)11-10-19-26-16-7-5-6-8-17(16)28(19)4/h5-9,12-14,19,21,24,26H,10-11H2,1-4H3,(H,25,27,29)/b12-9+. The molecule has 31 heavy (non-hydrogen) atoms. The molecule has 3 N–H and O–H groups in total. The van der Waals surface area contributed by atoms with Gasteiger partial charge in [-0.1, -0.05) is 44.2 Å². The molecule has 4 rings (SSSR count). The first-order valence-electron chi connectivity index (χ1n) is 10.5. The Hall–Kier alpha value is -3.00. The molecule has 1 amide bonds. The molecule has 0 radical (unpaired) electrons. The summed E-state index contributed by atoms with van der Waals surface area (Å²) in [4.78, 5) is 19.9. The number of thiazole rings is 1. The lowest BCUT2D eigenvalue weighted by Gasteiger charge is -2.21. The third-order valence-electron chi connectivity index (χ3n) is 5.30. The number of hydrogen-bond donors (Lipinski definition) is 3. The van der Waals surface area contributed by atoms with Gasteiger partial charge in [-0.3, -0.25) is 4.79 Å². The number of allylic oxidation sites excluding steroid dienone is 1. The van der Waals surface area contributed by atoms with E-state index in [0.717, 1.165) is 22.0 Å². The zero-order valence-electron chi connectivity index (χ0n) is 18.3. The molecule has 2 aromatic rings. The minimum atomic E-state index is -0.186. The Morgan fingerprint density at radius 2 is 2.16 bits per heavy atom. The summed E-state index contributed by atoms with van der Waals surface area (Å²) in [6.07, 6.45) is 8.64. The van der Waals surface area contributed by atoms with E-state index in [9.17, 15) is 4.79 Å². The summed E-state index contributed by atoms with van der Waals surface area (Å²) in [6, 6.07) is 8.18. The highest BCUT2D eigenvalue weighted by Gasteiger charge is 2.26. The molecule has 0 aliphatic carbocycles. The van der Waals surface area contributed by atoms with Crippen molar-refractivity contribution < 1.29 is 9.53 Å². The van der Waals surface area contributed by atoms with E-state index in [1.165, 1.54) is 11.3 Å². The predicted molar refractivity (Wildman–Crippen MR) is 127 cm³/mol. The van der Waals surface area contributed by atoms with Crippen molar-refractivity contribution in [3.05, 3.63) is 53.4 Å². The summed E-state index contributed by atoms with van der Waals surface area (Å²) < 4.78 is 5.90. The molecule has 0 spiro atoms. The van der Waals surface area contributed by atoms with E-state index in [0.29, 0.717) is 18.0 Å². The molecule has 2 aliphatic heterocycles. The number of amides is 1. The average molecular weight is 440 g/mol. The number of rotatable bonds is 6. The van der Waals surface area contributed by atoms with Crippen LogP contribution in [-0.4, -0.2) is 30.3 Å². The number of benzene rings is 1. The maximum atomic E-state index is 12.4. The summed E-state index contributed by atoms with van der Waals surface area (Å²) in [7, 11) is 2.05. The van der Waals surface area contributed by atoms with Crippen LogP contribution in [0.1, 0.15) is 38.5 Å². The van der Waals surface area contributed by atoms with Crippen molar-refractivity contribution in [2.75, 3.05) is 22.6 Å². The fraction of sp³-hybridized carbons (Fsp3) is 0.391. The van der Waals surface area contributed by atoms with Gasteiger partial charge >= 0.3 is 0 Å². The van der Waals surface area contributed by atoms with Gasteiger partial charge in [0.1, 0.15) is 5.76 Å². The maximum absolute atomic E-state index is 12.4. The molecule has 8 heteroatoms. The predicted octanol–water partition coefficient (Wildman–Crippen LogP) is 4.60. The van der Waals surface area contributed by atoms with Crippen molar-refractivity contribution in [1.82, 2.24) is 10.3 Å². The molecule has 0 fully saturated rings. The SMILES string of the molecule is CN1c2ccccc2NC1CCC(=O)Nc1ncc(/C=C/C2NC=C(C(C)(C)C)O2)s1. The third-order valence-corrected chi connectivity index (χ3v) is 6.17. The van der Waals surface area contributed by atoms with Crippen LogP contribution in [0.25, 0.3) is 6.08 Å². The lowest BCUT2D eigenvalue weighted by Crippen LogP contribution is -2.33. The first-order valence-corrected chi connectivity index (χ1v) is 11.3. The van der Waals surface area contributed by atoms with Gasteiger partial charge in [-0.2, -0.15) is 0 Å². The molecule has 0 saturated carbocycles. The van der Waals surface area contributed by atoms with E-state index in [1.807, 2.05) is 37.5 Å². The van der Waals surface area contributed by atoms with Gasteiger partial charge in [0.15, 0.2) is 11.4 Å². The largest absolute Gasteiger partial charge is 0.469 e. The lowest BCUT2D eigenvalue weighted by molar-refractivity contribution is -0.116. The van der Waals surface area contributed by atoms with E-state index in [1.54, 1.807) is 6.20 Å². The Labute approximate surface area is 187 Å². The zero-order chi connectivity index (χ0) is 22.0. The van der Waals surface area contributed by atoms with Gasteiger partial charge < -0.3 is 25.6 Å². The molecular weight excluding hydrogens is 410 g/mol. The fourth-order valence-electron chi connectivity index (χ4n) is 3.52. The number of nitrogens with zero attached hydrogens (tertiary/aromatic N) is 2. The molecule has 0 saturated heterocycles. The molecular formula is C23H29N5O2S. The van der Waals surface area contributed by atoms with Crippen LogP contribution in [0.4, 0.5) is 16.5 Å². The van der Waals surface area contributed by atoms with E-state index < -0.39 is 0 Å². The van der Waals surface area contributed by atoms with Crippen LogP contribution in [0.5, 0.6) is 0 Å². The molecule has 0 bridgehead atoms. The molecule has 164 valence electrons. The van der Waals surface area contributed by atoms with E-state index in [4.69, 9.17) is 4.74 Å². The molecule has 2 aliphatic rings. The summed E-state index contributed by atoms with van der Waals surface area (Å²) in [5, 5.41) is 10.2. The van der Waals surface area contributed by atoms with Crippen LogP contribution in [0.2, 0.25) is 0 Å². The fourth-order valence-corrected chi connectivity index (χ4v) is 4.26. The summed E-state index contributed by atoms with van der Waals surface area (Å²) >= 11 is 1.44. The number of hydrogen-bond acceptors (Lipinski definition) is 7. The van der Waals surface area contributed by atoms with Crippen LogP contribution in [-0.2, 0) is 9.53 Å². The molecule has 2 atom stereocenters. The summed E-state index contributed by atoms with van der Waals surface area (Å²) in [5.41, 5.74) is 2.25. The Balaban J connectivity index is 1.24. The second-order valence-corrected chi connectivity index (χ2v) is 9.83. The van der Waals surface area contributed by atoms with Gasteiger partial charge in [0.25, 0.3) is 0 Å². The van der Waals surface area contributed by atoms with Crippen LogP contribution in [0.3, 0.4) is 0 Å². The second kappa shape index (κ2) is 8.63. The van der Waals surface area contributed by atoms with Crippen molar-refractivity contribution in [3.63, 3.8) is 0 Å². The Morgan fingerprint density at radius 1 is 1.35 bits per heavy atom. The van der Waals surface area contributed by atoms with Gasteiger partial charge in [-0.25, -0.2) is 4.98 Å². The van der Waals surface area contributed by atoms with Gasteiger partial charge in [0.05, 0.1) is 17.5 Å². The number of nitrogens with one attached hydrogen (secondary N) is 3. The first-order chi connectivity index (χ1) is 14.8. The second-order valence-electron chi connectivity index (χ2n) is 8.77. The summed E-state index contributed by atoms with van der Waals surface area (Å²) in [5.74, 6) is 0.903. The number of para-hydroxylation sites is 2. The van der Waals surface area contributed by atoms with Crippen LogP contribution in [0, 0.1) is 5.41 Å². The number of carbonyl (C=O) groups is 1. The summed E-state index contributed by atoms with van der Waals surface area (Å²) in [6.45, 7) is 6.35. The molecule has 3 heterocycles. The number of fused-ring (bicyclic) bond motifs is 1. The van der Waals surface area contributed by atoms with Crippen molar-refractivity contribution >= 4 is 39.8 Å². The van der Waals surface area contributed by atoms with Gasteiger partial charge in [0.2, 0.25) is 5.91 Å². The highest BCUT2D eigenvalue weighted by atomic mass is 32.1. The smallest absolute Gasteiger partial charge is 0.226 e. The number of carbonyl (C=O) groups excluding carboxylic acids is 1. The first kappa shape index (κ1) is 21.2. The average Bonchev–Trinajstić information content (AvgIpc) is 3.44. The zero-order valence-corrected chi connectivity index (χ0v) is 19.1. The minimum Gasteiger partial charge on any atom is -0.469 e. The highest BCUT2D eigenvalue weighted by Crippen LogP contribution is 2.34. The van der Waals surface area contributed by atoms with Crippen molar-refractivity contribution in [1.29, 1.82) is 0 Å². The monoisotopic (exact) mass is 439 g/mol. The highest BCUT2D eigenvalue weighted by molar-refractivity contribution is 7.16. The quantitative estimate of drug-likeness (QED) is 0.611. The van der Waals surface area contributed by atoms with Crippen LogP contribution >= 0.6 is 11.3 Å². The van der Waals surface area contributed by atoms with E-state index in [-0.39, 0.29) is 23.7 Å².